The highest BCUT2D eigenvalue weighted by atomic mass is 16.5. The molecule has 136 valence electrons. The van der Waals surface area contributed by atoms with E-state index in [1.165, 1.54) is 0 Å². The minimum atomic E-state index is -0.366. The van der Waals surface area contributed by atoms with Crippen molar-refractivity contribution in [3.8, 4) is 11.5 Å². The lowest BCUT2D eigenvalue weighted by molar-refractivity contribution is 0.243. The van der Waals surface area contributed by atoms with Gasteiger partial charge in [-0.25, -0.2) is 4.79 Å². The Bertz CT molecular complexity index is 917. The topological polar surface area (TPSA) is 119 Å². The first kappa shape index (κ1) is 17.6. The fourth-order valence-corrected chi connectivity index (χ4v) is 2.41. The molecule has 1 atom stereocenters. The van der Waals surface area contributed by atoms with Gasteiger partial charge >= 0.3 is 6.03 Å². The summed E-state index contributed by atoms with van der Waals surface area (Å²) < 4.78 is 10.6. The molecule has 3 aromatic rings. The standard InChI is InChI=1S/C17H20N6O3/c1-5-13(16-18-10(3)23-26-16)19-17(24)20-14-8-12(7-6-9(14)2)15-22-21-11(4)25-15/h6-8,13H,5H2,1-4H3,(H2,19,20,24). The van der Waals surface area contributed by atoms with E-state index < -0.39 is 0 Å². The number of hydrogen-bond acceptors (Lipinski definition) is 7. The van der Waals surface area contributed by atoms with E-state index >= 15 is 0 Å². The molecule has 2 heterocycles. The predicted octanol–water partition coefficient (Wildman–Crippen LogP) is 3.32. The molecule has 0 radical (unpaired) electrons. The highest BCUT2D eigenvalue weighted by Gasteiger charge is 2.19. The van der Waals surface area contributed by atoms with Crippen molar-refractivity contribution in [2.75, 3.05) is 5.32 Å². The summed E-state index contributed by atoms with van der Waals surface area (Å²) in [5, 5.41) is 17.3. The molecular weight excluding hydrogens is 336 g/mol. The van der Waals surface area contributed by atoms with Crippen molar-refractivity contribution < 1.29 is 13.7 Å². The molecule has 0 aliphatic rings. The Morgan fingerprint density at radius 2 is 2.04 bits per heavy atom. The first-order valence-electron chi connectivity index (χ1n) is 8.25. The molecule has 0 saturated heterocycles. The van der Waals surface area contributed by atoms with E-state index in [0.29, 0.717) is 35.6 Å². The minimum absolute atomic E-state index is 0.363. The monoisotopic (exact) mass is 356 g/mol. The number of nitrogens with zero attached hydrogens (tertiary/aromatic N) is 4. The van der Waals surface area contributed by atoms with Crippen LogP contribution in [0.3, 0.4) is 0 Å². The van der Waals surface area contributed by atoms with Crippen LogP contribution in [0.1, 0.15) is 42.6 Å². The SMILES string of the molecule is CCC(NC(=O)Nc1cc(-c2nnc(C)o2)ccc1C)c1nc(C)no1. The van der Waals surface area contributed by atoms with E-state index in [2.05, 4.69) is 31.0 Å². The van der Waals surface area contributed by atoms with Crippen LogP contribution in [0.2, 0.25) is 0 Å². The zero-order valence-corrected chi connectivity index (χ0v) is 15.0. The largest absolute Gasteiger partial charge is 0.421 e. The second kappa shape index (κ2) is 7.34. The zero-order valence-electron chi connectivity index (χ0n) is 15.0. The fourth-order valence-electron chi connectivity index (χ4n) is 2.41. The van der Waals surface area contributed by atoms with Crippen molar-refractivity contribution in [2.45, 2.75) is 40.2 Å². The van der Waals surface area contributed by atoms with Gasteiger partial charge in [0.1, 0.15) is 6.04 Å². The molecule has 0 bridgehead atoms. The van der Waals surface area contributed by atoms with Gasteiger partial charge in [-0.05, 0) is 38.0 Å². The zero-order chi connectivity index (χ0) is 18.7. The third-order valence-electron chi connectivity index (χ3n) is 3.81. The van der Waals surface area contributed by atoms with Crippen LogP contribution in [0.25, 0.3) is 11.5 Å². The van der Waals surface area contributed by atoms with Gasteiger partial charge in [0.25, 0.3) is 0 Å². The lowest BCUT2D eigenvalue weighted by Crippen LogP contribution is -2.32. The van der Waals surface area contributed by atoms with Crippen molar-refractivity contribution in [2.24, 2.45) is 0 Å². The summed E-state index contributed by atoms with van der Waals surface area (Å²) >= 11 is 0. The fraction of sp³-hybridized carbons (Fsp3) is 0.353. The predicted molar refractivity (Wildman–Crippen MR) is 93.4 cm³/mol. The molecule has 26 heavy (non-hydrogen) atoms. The maximum Gasteiger partial charge on any atom is 0.319 e. The van der Waals surface area contributed by atoms with Crippen LogP contribution in [0.4, 0.5) is 10.5 Å². The number of nitrogens with one attached hydrogen (secondary N) is 2. The number of carbonyl (C=O) groups is 1. The number of benzene rings is 1. The molecule has 0 aliphatic carbocycles. The molecule has 0 aliphatic heterocycles. The lowest BCUT2D eigenvalue weighted by atomic mass is 10.1. The van der Waals surface area contributed by atoms with Crippen LogP contribution >= 0.6 is 0 Å². The molecule has 1 aromatic carbocycles. The summed E-state index contributed by atoms with van der Waals surface area (Å²) in [6.07, 6.45) is 0.620. The van der Waals surface area contributed by atoms with Crippen LogP contribution in [0, 0.1) is 20.8 Å². The first-order chi connectivity index (χ1) is 12.5. The van der Waals surface area contributed by atoms with Gasteiger partial charge in [0.2, 0.25) is 17.7 Å². The highest BCUT2D eigenvalue weighted by Crippen LogP contribution is 2.25. The van der Waals surface area contributed by atoms with Crippen molar-refractivity contribution in [3.05, 3.63) is 41.4 Å². The van der Waals surface area contributed by atoms with E-state index in [1.807, 2.05) is 26.0 Å². The first-order valence-corrected chi connectivity index (χ1v) is 8.25. The second-order valence-electron chi connectivity index (χ2n) is 5.90. The summed E-state index contributed by atoms with van der Waals surface area (Å²) in [6.45, 7) is 7.28. The molecule has 2 amide bonds. The molecule has 2 N–H and O–H groups in total. The van der Waals surface area contributed by atoms with Crippen molar-refractivity contribution in [1.82, 2.24) is 25.7 Å². The van der Waals surface area contributed by atoms with Crippen LogP contribution in [0.15, 0.2) is 27.1 Å². The summed E-state index contributed by atoms with van der Waals surface area (Å²) in [5.41, 5.74) is 2.28. The number of carbonyl (C=O) groups excluding carboxylic acids is 1. The normalized spacial score (nSPS) is 12.0. The van der Waals surface area contributed by atoms with Crippen LogP contribution in [0.5, 0.6) is 0 Å². The number of amides is 2. The molecule has 2 aromatic heterocycles. The van der Waals surface area contributed by atoms with Gasteiger partial charge in [0.05, 0.1) is 0 Å². The smallest absolute Gasteiger partial charge is 0.319 e. The lowest BCUT2D eigenvalue weighted by Gasteiger charge is -2.15. The third kappa shape index (κ3) is 3.88. The number of hydrogen-bond donors (Lipinski definition) is 2. The Morgan fingerprint density at radius 3 is 2.65 bits per heavy atom. The molecule has 9 nitrogen and oxygen atoms in total. The van der Waals surface area contributed by atoms with Crippen molar-refractivity contribution >= 4 is 11.7 Å². The number of aryl methyl sites for hydroxylation is 3. The summed E-state index contributed by atoms with van der Waals surface area (Å²) in [6, 6.07) is 4.80. The van der Waals surface area contributed by atoms with E-state index in [9.17, 15) is 4.79 Å². The second-order valence-corrected chi connectivity index (χ2v) is 5.90. The number of rotatable bonds is 5. The van der Waals surface area contributed by atoms with Gasteiger partial charge < -0.3 is 19.6 Å². The number of anilines is 1. The van der Waals surface area contributed by atoms with Gasteiger partial charge in [0, 0.05) is 18.2 Å². The summed E-state index contributed by atoms with van der Waals surface area (Å²) in [5.74, 6) is 1.79. The molecule has 3 rings (SSSR count). The van der Waals surface area contributed by atoms with E-state index in [1.54, 1.807) is 19.9 Å². The maximum atomic E-state index is 12.4. The number of aromatic nitrogens is 4. The molecule has 0 saturated carbocycles. The maximum absolute atomic E-state index is 12.4. The molecule has 0 fully saturated rings. The summed E-state index contributed by atoms with van der Waals surface area (Å²) in [7, 11) is 0. The molecular formula is C17H20N6O3. The Kier molecular flexibility index (Phi) is 4.97. The average molecular weight is 356 g/mol. The Hall–Kier alpha value is -3.23. The van der Waals surface area contributed by atoms with Crippen LogP contribution < -0.4 is 10.6 Å². The van der Waals surface area contributed by atoms with Crippen molar-refractivity contribution in [3.63, 3.8) is 0 Å². The summed E-state index contributed by atoms with van der Waals surface area (Å²) in [4.78, 5) is 16.6. The van der Waals surface area contributed by atoms with Gasteiger partial charge in [0.15, 0.2) is 5.82 Å². The van der Waals surface area contributed by atoms with Crippen molar-refractivity contribution in [1.29, 1.82) is 0 Å². The third-order valence-corrected chi connectivity index (χ3v) is 3.81. The molecule has 9 heteroatoms. The van der Waals surface area contributed by atoms with Crippen LogP contribution in [-0.4, -0.2) is 26.4 Å². The molecule has 1 unspecified atom stereocenters. The van der Waals surface area contributed by atoms with Gasteiger partial charge in [-0.15, -0.1) is 10.2 Å². The number of urea groups is 1. The minimum Gasteiger partial charge on any atom is -0.421 e. The Labute approximate surface area is 150 Å². The van der Waals surface area contributed by atoms with E-state index in [4.69, 9.17) is 8.94 Å². The van der Waals surface area contributed by atoms with Crippen LogP contribution in [-0.2, 0) is 0 Å². The van der Waals surface area contributed by atoms with Gasteiger partial charge in [-0.1, -0.05) is 18.1 Å². The van der Waals surface area contributed by atoms with Gasteiger partial charge in [-0.2, -0.15) is 4.98 Å². The van der Waals surface area contributed by atoms with Gasteiger partial charge in [-0.3, -0.25) is 0 Å². The highest BCUT2D eigenvalue weighted by molar-refractivity contribution is 5.91. The van der Waals surface area contributed by atoms with E-state index in [0.717, 1.165) is 11.1 Å². The molecule has 0 spiro atoms. The quantitative estimate of drug-likeness (QED) is 0.719. The Morgan fingerprint density at radius 1 is 1.23 bits per heavy atom. The van der Waals surface area contributed by atoms with E-state index in [-0.39, 0.29) is 12.1 Å². The Balaban J connectivity index is 1.74. The average Bonchev–Trinajstić information content (AvgIpc) is 3.23.